The van der Waals surface area contributed by atoms with E-state index in [1.807, 2.05) is 0 Å². The lowest BCUT2D eigenvalue weighted by Gasteiger charge is -2.32. The molecule has 0 radical (unpaired) electrons. The van der Waals surface area contributed by atoms with Gasteiger partial charge in [0.25, 0.3) is 0 Å². The Labute approximate surface area is 132 Å². The largest absolute Gasteiger partial charge is 0.383 e. The molecule has 0 amide bonds. The summed E-state index contributed by atoms with van der Waals surface area (Å²) in [6.45, 7) is 6.36. The predicted octanol–water partition coefficient (Wildman–Crippen LogP) is 1.60. The van der Waals surface area contributed by atoms with Crippen molar-refractivity contribution in [2.24, 2.45) is 0 Å². The molecule has 0 bridgehead atoms. The molecule has 1 aromatic heterocycles. The molecule has 6 heteroatoms. The number of anilines is 2. The van der Waals surface area contributed by atoms with Crippen molar-refractivity contribution >= 4 is 11.6 Å². The van der Waals surface area contributed by atoms with Crippen molar-refractivity contribution in [2.45, 2.75) is 31.7 Å². The second kappa shape index (κ2) is 7.74. The molecule has 1 N–H and O–H groups in total. The van der Waals surface area contributed by atoms with Gasteiger partial charge in [0.05, 0.1) is 6.61 Å². The number of methoxy groups -OCH3 is 1. The SMILES string of the molecule is COCCN1CCC(Nc2cc(N3CCCC3)ncn2)CC1. The van der Waals surface area contributed by atoms with Gasteiger partial charge in [-0.2, -0.15) is 0 Å². The Bertz CT molecular complexity index is 456. The molecule has 3 heterocycles. The van der Waals surface area contributed by atoms with E-state index in [-0.39, 0.29) is 0 Å². The highest BCUT2D eigenvalue weighted by atomic mass is 16.5. The van der Waals surface area contributed by atoms with Gasteiger partial charge in [0, 0.05) is 51.9 Å². The van der Waals surface area contributed by atoms with Gasteiger partial charge in [-0.3, -0.25) is 0 Å². The third-order valence-electron chi connectivity index (χ3n) is 4.63. The Morgan fingerprint density at radius 2 is 1.95 bits per heavy atom. The number of ether oxygens (including phenoxy) is 1. The van der Waals surface area contributed by atoms with Crippen molar-refractivity contribution in [3.8, 4) is 0 Å². The van der Waals surface area contributed by atoms with E-state index in [1.165, 1.54) is 12.8 Å². The Kier molecular flexibility index (Phi) is 5.45. The highest BCUT2D eigenvalue weighted by molar-refractivity contribution is 5.49. The van der Waals surface area contributed by atoms with Gasteiger partial charge in [0.1, 0.15) is 18.0 Å². The maximum absolute atomic E-state index is 5.15. The van der Waals surface area contributed by atoms with E-state index in [1.54, 1.807) is 13.4 Å². The van der Waals surface area contributed by atoms with Gasteiger partial charge >= 0.3 is 0 Å². The van der Waals surface area contributed by atoms with Gasteiger partial charge in [-0.05, 0) is 25.7 Å². The van der Waals surface area contributed by atoms with Crippen LogP contribution in [-0.4, -0.2) is 67.4 Å². The predicted molar refractivity (Wildman–Crippen MR) is 88.4 cm³/mol. The normalized spacial score (nSPS) is 20.5. The van der Waals surface area contributed by atoms with Crippen LogP contribution in [0.1, 0.15) is 25.7 Å². The highest BCUT2D eigenvalue weighted by Gasteiger charge is 2.20. The van der Waals surface area contributed by atoms with Crippen molar-refractivity contribution in [2.75, 3.05) is 56.7 Å². The number of piperidine rings is 1. The fourth-order valence-corrected chi connectivity index (χ4v) is 3.28. The molecular formula is C16H27N5O. The number of nitrogens with zero attached hydrogens (tertiary/aromatic N) is 4. The van der Waals surface area contributed by atoms with Crippen LogP contribution in [0.4, 0.5) is 11.6 Å². The zero-order valence-electron chi connectivity index (χ0n) is 13.5. The minimum atomic E-state index is 0.514. The van der Waals surface area contributed by atoms with E-state index in [4.69, 9.17) is 4.74 Å². The lowest BCUT2D eigenvalue weighted by atomic mass is 10.1. The van der Waals surface area contributed by atoms with Crippen LogP contribution >= 0.6 is 0 Å². The van der Waals surface area contributed by atoms with Gasteiger partial charge < -0.3 is 19.9 Å². The van der Waals surface area contributed by atoms with Crippen LogP contribution in [0.25, 0.3) is 0 Å². The Hall–Kier alpha value is -1.40. The quantitative estimate of drug-likeness (QED) is 0.861. The Balaban J connectivity index is 1.50. The monoisotopic (exact) mass is 305 g/mol. The number of aromatic nitrogens is 2. The van der Waals surface area contributed by atoms with Crippen LogP contribution in [0.5, 0.6) is 0 Å². The first-order valence-electron chi connectivity index (χ1n) is 8.40. The molecule has 0 saturated carbocycles. The van der Waals surface area contributed by atoms with Crippen LogP contribution in [0.15, 0.2) is 12.4 Å². The molecular weight excluding hydrogens is 278 g/mol. The van der Waals surface area contributed by atoms with Crippen LogP contribution in [0.2, 0.25) is 0 Å². The fraction of sp³-hybridized carbons (Fsp3) is 0.750. The maximum Gasteiger partial charge on any atom is 0.134 e. The molecule has 0 spiro atoms. The molecule has 22 heavy (non-hydrogen) atoms. The number of nitrogens with one attached hydrogen (secondary N) is 1. The van der Waals surface area contributed by atoms with Crippen LogP contribution in [0, 0.1) is 0 Å². The summed E-state index contributed by atoms with van der Waals surface area (Å²) in [7, 11) is 1.77. The molecule has 2 fully saturated rings. The number of hydrogen-bond donors (Lipinski definition) is 1. The van der Waals surface area contributed by atoms with Gasteiger partial charge in [-0.15, -0.1) is 0 Å². The second-order valence-corrected chi connectivity index (χ2v) is 6.21. The molecule has 1 aromatic rings. The van der Waals surface area contributed by atoms with Gasteiger partial charge in [0.2, 0.25) is 0 Å². The van der Waals surface area contributed by atoms with E-state index >= 15 is 0 Å². The van der Waals surface area contributed by atoms with E-state index in [0.29, 0.717) is 6.04 Å². The van der Waals surface area contributed by atoms with Crippen LogP contribution in [0.3, 0.4) is 0 Å². The molecule has 0 aliphatic carbocycles. The zero-order valence-corrected chi connectivity index (χ0v) is 13.5. The third-order valence-corrected chi connectivity index (χ3v) is 4.63. The van der Waals surface area contributed by atoms with Crippen LogP contribution in [-0.2, 0) is 4.74 Å². The Morgan fingerprint density at radius 3 is 2.68 bits per heavy atom. The summed E-state index contributed by atoms with van der Waals surface area (Å²) in [4.78, 5) is 13.6. The molecule has 0 unspecified atom stereocenters. The summed E-state index contributed by atoms with van der Waals surface area (Å²) in [6, 6.07) is 2.61. The van der Waals surface area contributed by atoms with Gasteiger partial charge in [-0.25, -0.2) is 9.97 Å². The van der Waals surface area contributed by atoms with Gasteiger partial charge in [-0.1, -0.05) is 0 Å². The zero-order chi connectivity index (χ0) is 15.2. The van der Waals surface area contributed by atoms with Crippen molar-refractivity contribution in [3.63, 3.8) is 0 Å². The molecule has 0 atom stereocenters. The van der Waals surface area contributed by atoms with E-state index in [9.17, 15) is 0 Å². The standard InChI is InChI=1S/C16H27N5O/c1-22-11-10-20-8-4-14(5-9-20)19-15-12-16(18-13-17-15)21-6-2-3-7-21/h12-14H,2-11H2,1H3,(H,17,18,19). The molecule has 3 rings (SSSR count). The topological polar surface area (TPSA) is 53.5 Å². The Morgan fingerprint density at radius 1 is 1.18 bits per heavy atom. The summed E-state index contributed by atoms with van der Waals surface area (Å²) in [5, 5.41) is 3.59. The lowest BCUT2D eigenvalue weighted by molar-refractivity contribution is 0.132. The highest BCUT2D eigenvalue weighted by Crippen LogP contribution is 2.21. The number of likely N-dealkylation sites (tertiary alicyclic amines) is 1. The van der Waals surface area contributed by atoms with E-state index in [2.05, 4.69) is 31.2 Å². The first kappa shape index (κ1) is 15.5. The molecule has 122 valence electrons. The summed E-state index contributed by atoms with van der Waals surface area (Å²) in [5.74, 6) is 2.03. The summed E-state index contributed by atoms with van der Waals surface area (Å²) in [6.07, 6.45) is 6.54. The first-order chi connectivity index (χ1) is 10.8. The second-order valence-electron chi connectivity index (χ2n) is 6.21. The molecule has 2 aliphatic rings. The van der Waals surface area contributed by atoms with Crippen molar-refractivity contribution in [3.05, 3.63) is 12.4 Å². The molecule has 0 aromatic carbocycles. The lowest BCUT2D eigenvalue weighted by Crippen LogP contribution is -2.40. The molecule has 2 saturated heterocycles. The number of rotatable bonds is 6. The molecule has 6 nitrogen and oxygen atoms in total. The third kappa shape index (κ3) is 4.08. The molecule has 2 aliphatic heterocycles. The van der Waals surface area contributed by atoms with Crippen molar-refractivity contribution in [1.29, 1.82) is 0 Å². The van der Waals surface area contributed by atoms with Crippen LogP contribution < -0.4 is 10.2 Å². The van der Waals surface area contributed by atoms with E-state index in [0.717, 1.165) is 63.8 Å². The fourth-order valence-electron chi connectivity index (χ4n) is 3.28. The first-order valence-corrected chi connectivity index (χ1v) is 8.40. The number of hydrogen-bond acceptors (Lipinski definition) is 6. The minimum Gasteiger partial charge on any atom is -0.383 e. The summed E-state index contributed by atoms with van der Waals surface area (Å²) >= 11 is 0. The summed E-state index contributed by atoms with van der Waals surface area (Å²) < 4.78 is 5.15. The van der Waals surface area contributed by atoms with Crippen molar-refractivity contribution in [1.82, 2.24) is 14.9 Å². The van der Waals surface area contributed by atoms with Crippen molar-refractivity contribution < 1.29 is 4.74 Å². The maximum atomic E-state index is 5.15. The summed E-state index contributed by atoms with van der Waals surface area (Å²) in [5.41, 5.74) is 0. The average Bonchev–Trinajstić information content (AvgIpc) is 3.09. The minimum absolute atomic E-state index is 0.514. The average molecular weight is 305 g/mol. The van der Waals surface area contributed by atoms with Gasteiger partial charge in [0.15, 0.2) is 0 Å². The van der Waals surface area contributed by atoms with E-state index < -0.39 is 0 Å². The smallest absolute Gasteiger partial charge is 0.134 e.